The van der Waals surface area contributed by atoms with Crippen molar-refractivity contribution in [2.24, 2.45) is 5.92 Å². The van der Waals surface area contributed by atoms with E-state index < -0.39 is 67.1 Å². The number of hydrogen-bond donors (Lipinski definition) is 7. The van der Waals surface area contributed by atoms with E-state index in [9.17, 15) is 39.0 Å². The van der Waals surface area contributed by atoms with Crippen LogP contribution in [0, 0.1) is 5.92 Å². The number of carbonyl (C=O) groups is 6. The molecule has 1 aliphatic rings. The molecule has 5 amide bonds. The molecule has 0 radical (unpaired) electrons. The number of carbonyl (C=O) groups excluding carboxylic acids is 6. The summed E-state index contributed by atoms with van der Waals surface area (Å²) in [6.45, 7) is 4.06. The quantitative estimate of drug-likeness (QED) is 0.105. The summed E-state index contributed by atoms with van der Waals surface area (Å²) < 4.78 is 0. The summed E-state index contributed by atoms with van der Waals surface area (Å²) in [5.41, 5.74) is 0. The molecule has 1 unspecified atom stereocenters. The lowest BCUT2D eigenvalue weighted by molar-refractivity contribution is -0.141. The smallest absolute Gasteiger partial charge is 0.245 e. The van der Waals surface area contributed by atoms with Crippen molar-refractivity contribution in [3.63, 3.8) is 0 Å². The van der Waals surface area contributed by atoms with Crippen LogP contribution in [0.5, 0.6) is 0 Å². The molecule has 0 aromatic carbocycles. The molecule has 5 atom stereocenters. The van der Waals surface area contributed by atoms with Crippen LogP contribution < -0.4 is 26.6 Å². The average molecular weight is 529 g/mol. The van der Waals surface area contributed by atoms with Gasteiger partial charge >= 0.3 is 0 Å². The topological polar surface area (TPSA) is 206 Å². The normalized spacial score (nSPS) is 18.4. The lowest BCUT2D eigenvalue weighted by Gasteiger charge is -2.30. The second-order valence-corrected chi connectivity index (χ2v) is 9.32. The number of nitrogens with zero attached hydrogens (tertiary/aromatic N) is 1. The van der Waals surface area contributed by atoms with E-state index in [2.05, 4.69) is 26.6 Å². The number of hydrogen-bond acceptors (Lipinski definition) is 9. The molecule has 0 aromatic rings. The van der Waals surface area contributed by atoms with Gasteiger partial charge in [-0.1, -0.05) is 13.8 Å². The maximum absolute atomic E-state index is 13.0. The third-order valence-corrected chi connectivity index (χ3v) is 5.88. The highest BCUT2D eigenvalue weighted by Crippen LogP contribution is 2.20. The van der Waals surface area contributed by atoms with Gasteiger partial charge in [0.25, 0.3) is 0 Å². The first-order chi connectivity index (χ1) is 17.5. The zero-order valence-corrected chi connectivity index (χ0v) is 21.8. The van der Waals surface area contributed by atoms with Crippen molar-refractivity contribution in [1.29, 1.82) is 0 Å². The summed E-state index contributed by atoms with van der Waals surface area (Å²) in [6.07, 6.45) is 0.666. The minimum atomic E-state index is -1.49. The van der Waals surface area contributed by atoms with E-state index in [1.165, 1.54) is 11.8 Å². The summed E-state index contributed by atoms with van der Waals surface area (Å²) in [6, 6.07) is -4.23. The summed E-state index contributed by atoms with van der Waals surface area (Å²) in [5.74, 6) is -3.06. The highest BCUT2D eigenvalue weighted by Gasteiger charge is 2.38. The van der Waals surface area contributed by atoms with Gasteiger partial charge < -0.3 is 46.5 Å². The highest BCUT2D eigenvalue weighted by molar-refractivity contribution is 5.96. The van der Waals surface area contributed by atoms with Gasteiger partial charge in [-0.15, -0.1) is 0 Å². The van der Waals surface area contributed by atoms with Gasteiger partial charge in [-0.05, 0) is 39.2 Å². The van der Waals surface area contributed by atoms with E-state index >= 15 is 0 Å². The summed E-state index contributed by atoms with van der Waals surface area (Å²) in [5, 5.41) is 31.8. The van der Waals surface area contributed by atoms with E-state index in [1.54, 1.807) is 7.05 Å². The van der Waals surface area contributed by atoms with Gasteiger partial charge in [-0.3, -0.25) is 24.0 Å². The van der Waals surface area contributed by atoms with Crippen LogP contribution in [0.1, 0.15) is 40.0 Å². The molecule has 0 aliphatic carbocycles. The van der Waals surface area contributed by atoms with Crippen molar-refractivity contribution in [1.82, 2.24) is 31.5 Å². The molecule has 0 saturated carbocycles. The first kappa shape index (κ1) is 31.9. The molecule has 210 valence electrons. The average Bonchev–Trinajstić information content (AvgIpc) is 3.35. The van der Waals surface area contributed by atoms with Crippen LogP contribution in [0.3, 0.4) is 0 Å². The molecule has 7 N–H and O–H groups in total. The molecule has 0 spiro atoms. The zero-order chi connectivity index (χ0) is 28.1. The maximum Gasteiger partial charge on any atom is 0.245 e. The van der Waals surface area contributed by atoms with Gasteiger partial charge in [0, 0.05) is 6.54 Å². The van der Waals surface area contributed by atoms with Crippen molar-refractivity contribution < 1.29 is 39.0 Å². The molecule has 1 aliphatic heterocycles. The number of nitrogens with one attached hydrogen (secondary N) is 5. The first-order valence-electron chi connectivity index (χ1n) is 12.3. The molecular formula is C23H40N6O8. The lowest BCUT2D eigenvalue weighted by Crippen LogP contribution is -2.60. The fraction of sp³-hybridized carbons (Fsp3) is 0.739. The number of amides is 5. The van der Waals surface area contributed by atoms with Crippen LogP contribution >= 0.6 is 0 Å². The second-order valence-electron chi connectivity index (χ2n) is 9.32. The maximum atomic E-state index is 13.0. The number of aldehydes is 1. The van der Waals surface area contributed by atoms with Crippen LogP contribution in [-0.2, 0) is 28.8 Å². The second kappa shape index (κ2) is 15.9. The Labute approximate surface area is 216 Å². The third kappa shape index (κ3) is 10.1. The van der Waals surface area contributed by atoms with Crippen molar-refractivity contribution in [2.75, 3.05) is 33.3 Å². The monoisotopic (exact) mass is 528 g/mol. The van der Waals surface area contributed by atoms with Gasteiger partial charge in [0.1, 0.15) is 24.4 Å². The lowest BCUT2D eigenvalue weighted by atomic mass is 10.0. The SMILES string of the molecule is CN[C@@H](CC(C)C)C(=O)N1CCC[C@H]1C(=O)NC(CO)C(=O)N[C@H](C(=O)NCC(=O)NCC=O)[C@@H](C)O. The van der Waals surface area contributed by atoms with Crippen molar-refractivity contribution in [3.8, 4) is 0 Å². The number of likely N-dealkylation sites (tertiary alicyclic amines) is 1. The van der Waals surface area contributed by atoms with Gasteiger partial charge in [-0.2, -0.15) is 0 Å². The summed E-state index contributed by atoms with van der Waals surface area (Å²) in [7, 11) is 1.68. The van der Waals surface area contributed by atoms with Crippen LogP contribution in [0.25, 0.3) is 0 Å². The molecule has 1 heterocycles. The predicted molar refractivity (Wildman–Crippen MR) is 132 cm³/mol. The molecule has 14 nitrogen and oxygen atoms in total. The van der Waals surface area contributed by atoms with Gasteiger partial charge in [0.2, 0.25) is 29.5 Å². The summed E-state index contributed by atoms with van der Waals surface area (Å²) in [4.78, 5) is 74.4. The Hall–Kier alpha value is -3.10. The standard InChI is InChI=1S/C23H40N6O8/c1-13(2)10-15(24-4)23(37)29-8-5-6-17(29)21(35)27-16(12-31)20(34)28-19(14(3)32)22(36)26-11-18(33)25-7-9-30/h9,13-17,19,24,31-32H,5-8,10-12H2,1-4H3,(H,25,33)(H,26,36)(H,27,35)(H,28,34)/t14-,15+,16?,17+,19+/m1/s1. The van der Waals surface area contributed by atoms with Gasteiger partial charge in [0.15, 0.2) is 0 Å². The minimum absolute atomic E-state index is 0.220. The van der Waals surface area contributed by atoms with Crippen LogP contribution in [-0.4, -0.2) is 114 Å². The molecule has 0 aromatic heterocycles. The molecule has 1 fully saturated rings. The molecule has 14 heteroatoms. The third-order valence-electron chi connectivity index (χ3n) is 5.88. The molecule has 37 heavy (non-hydrogen) atoms. The largest absolute Gasteiger partial charge is 0.394 e. The highest BCUT2D eigenvalue weighted by atomic mass is 16.3. The van der Waals surface area contributed by atoms with E-state index in [0.29, 0.717) is 32.1 Å². The van der Waals surface area contributed by atoms with Crippen molar-refractivity contribution >= 4 is 35.8 Å². The number of rotatable bonds is 15. The van der Waals surface area contributed by atoms with Crippen molar-refractivity contribution in [2.45, 2.75) is 70.3 Å². The van der Waals surface area contributed by atoms with Gasteiger partial charge in [-0.25, -0.2) is 0 Å². The van der Waals surface area contributed by atoms with Gasteiger partial charge in [0.05, 0.1) is 31.8 Å². The molecule has 1 rings (SSSR count). The number of aliphatic hydroxyl groups excluding tert-OH is 2. The predicted octanol–water partition coefficient (Wildman–Crippen LogP) is -3.61. The number of aliphatic hydroxyl groups is 2. The van der Waals surface area contributed by atoms with Crippen LogP contribution in [0.15, 0.2) is 0 Å². The zero-order valence-electron chi connectivity index (χ0n) is 21.8. The Morgan fingerprint density at radius 3 is 2.24 bits per heavy atom. The summed E-state index contributed by atoms with van der Waals surface area (Å²) >= 11 is 0. The van der Waals surface area contributed by atoms with E-state index in [-0.39, 0.29) is 18.4 Å². The Morgan fingerprint density at radius 2 is 1.70 bits per heavy atom. The minimum Gasteiger partial charge on any atom is -0.394 e. The fourth-order valence-electron chi connectivity index (χ4n) is 3.93. The molecule has 1 saturated heterocycles. The Bertz CT molecular complexity index is 821. The van der Waals surface area contributed by atoms with Crippen LogP contribution in [0.4, 0.5) is 0 Å². The fourth-order valence-corrected chi connectivity index (χ4v) is 3.93. The Kier molecular flexibility index (Phi) is 13.7. The van der Waals surface area contributed by atoms with E-state index in [1.807, 2.05) is 13.8 Å². The molecular weight excluding hydrogens is 488 g/mol. The first-order valence-corrected chi connectivity index (χ1v) is 12.3. The molecule has 0 bridgehead atoms. The van der Waals surface area contributed by atoms with Crippen LogP contribution in [0.2, 0.25) is 0 Å². The van der Waals surface area contributed by atoms with E-state index in [4.69, 9.17) is 0 Å². The van der Waals surface area contributed by atoms with Crippen molar-refractivity contribution in [3.05, 3.63) is 0 Å². The Balaban J connectivity index is 2.81. The number of likely N-dealkylation sites (N-methyl/N-ethyl adjacent to an activating group) is 1. The Morgan fingerprint density at radius 1 is 1.03 bits per heavy atom. The van der Waals surface area contributed by atoms with E-state index in [0.717, 1.165) is 0 Å².